The second-order valence-corrected chi connectivity index (χ2v) is 7.23. The van der Waals surface area contributed by atoms with E-state index in [1.165, 1.54) is 0 Å². The van der Waals surface area contributed by atoms with Gasteiger partial charge in [0.25, 0.3) is 11.8 Å². The van der Waals surface area contributed by atoms with Gasteiger partial charge in [-0.05, 0) is 48.4 Å². The third kappa shape index (κ3) is 5.39. The molecule has 0 radical (unpaired) electrons. The number of hydrogen-bond acceptors (Lipinski definition) is 4. The van der Waals surface area contributed by atoms with Crippen molar-refractivity contribution in [1.29, 1.82) is 0 Å². The monoisotopic (exact) mass is 430 g/mol. The van der Waals surface area contributed by atoms with Gasteiger partial charge in [-0.1, -0.05) is 43.0 Å². The molecule has 0 saturated carbocycles. The van der Waals surface area contributed by atoms with E-state index in [0.717, 1.165) is 16.8 Å². The number of hydroxylamine groups is 2. The van der Waals surface area contributed by atoms with Gasteiger partial charge in [-0.25, -0.2) is 10.0 Å². The molecule has 32 heavy (non-hydrogen) atoms. The zero-order valence-corrected chi connectivity index (χ0v) is 18.2. The van der Waals surface area contributed by atoms with E-state index in [4.69, 9.17) is 0 Å². The number of aromatic nitrogens is 2. The van der Waals surface area contributed by atoms with Gasteiger partial charge in [-0.2, -0.15) is 0 Å². The lowest BCUT2D eigenvalue weighted by Crippen LogP contribution is -2.30. The SMILES string of the molecule is C=C(/C=C\C=C/C)CN(O)C(=O)Cc1ccc(-n2cnc3cc(C(=O)NC)ccc32)cc1. The Labute approximate surface area is 187 Å². The average Bonchev–Trinajstić information content (AvgIpc) is 3.22. The summed E-state index contributed by atoms with van der Waals surface area (Å²) in [7, 11) is 1.59. The molecule has 0 spiro atoms. The van der Waals surface area contributed by atoms with Crippen molar-refractivity contribution in [2.24, 2.45) is 0 Å². The Hall–Kier alpha value is -3.97. The van der Waals surface area contributed by atoms with Crippen LogP contribution in [0.25, 0.3) is 16.7 Å². The van der Waals surface area contributed by atoms with Crippen LogP contribution in [-0.4, -0.2) is 45.2 Å². The summed E-state index contributed by atoms with van der Waals surface area (Å²) < 4.78 is 1.91. The highest BCUT2D eigenvalue weighted by Gasteiger charge is 2.13. The number of carbonyl (C=O) groups is 2. The maximum absolute atomic E-state index is 12.3. The van der Waals surface area contributed by atoms with E-state index < -0.39 is 5.91 Å². The van der Waals surface area contributed by atoms with Crippen molar-refractivity contribution >= 4 is 22.8 Å². The summed E-state index contributed by atoms with van der Waals surface area (Å²) in [6, 6.07) is 12.8. The van der Waals surface area contributed by atoms with E-state index >= 15 is 0 Å². The summed E-state index contributed by atoms with van der Waals surface area (Å²) in [4.78, 5) is 28.5. The van der Waals surface area contributed by atoms with E-state index in [9.17, 15) is 14.8 Å². The highest BCUT2D eigenvalue weighted by atomic mass is 16.5. The molecule has 0 aliphatic rings. The van der Waals surface area contributed by atoms with E-state index in [1.807, 2.05) is 54.0 Å². The van der Waals surface area contributed by atoms with Crippen LogP contribution < -0.4 is 5.32 Å². The lowest BCUT2D eigenvalue weighted by atomic mass is 10.1. The summed E-state index contributed by atoms with van der Waals surface area (Å²) in [6.45, 7) is 5.78. The van der Waals surface area contributed by atoms with Crippen LogP contribution in [0.5, 0.6) is 0 Å². The van der Waals surface area contributed by atoms with Crippen LogP contribution in [-0.2, 0) is 11.2 Å². The molecule has 3 aromatic rings. The number of imidazole rings is 1. The number of hydrogen-bond donors (Lipinski definition) is 2. The third-order valence-electron chi connectivity index (χ3n) is 4.88. The van der Waals surface area contributed by atoms with Gasteiger partial charge >= 0.3 is 0 Å². The number of rotatable bonds is 8. The van der Waals surface area contributed by atoms with E-state index in [0.29, 0.717) is 21.7 Å². The van der Waals surface area contributed by atoms with Crippen molar-refractivity contribution < 1.29 is 14.8 Å². The standard InChI is InChI=1S/C25H26N4O3/c1-4-5-6-7-18(2)16-29(32)24(30)14-19-8-11-21(12-9-19)28-17-27-22-15-20(25(31)26-3)10-13-23(22)28/h4-13,15,17,32H,2,14,16H2,1,3H3,(H,26,31)/b5-4-,7-6-. The van der Waals surface area contributed by atoms with Gasteiger partial charge in [-0.3, -0.25) is 19.4 Å². The van der Waals surface area contributed by atoms with Gasteiger partial charge in [0.05, 0.1) is 24.0 Å². The van der Waals surface area contributed by atoms with Crippen LogP contribution in [0.1, 0.15) is 22.8 Å². The minimum absolute atomic E-state index is 0.0457. The van der Waals surface area contributed by atoms with Crippen molar-refractivity contribution in [3.63, 3.8) is 0 Å². The normalized spacial score (nSPS) is 11.3. The fourth-order valence-electron chi connectivity index (χ4n) is 3.18. The van der Waals surface area contributed by atoms with Crippen molar-refractivity contribution in [2.45, 2.75) is 13.3 Å². The first-order valence-corrected chi connectivity index (χ1v) is 10.2. The summed E-state index contributed by atoms with van der Waals surface area (Å²) in [5.74, 6) is -0.570. The zero-order valence-electron chi connectivity index (χ0n) is 18.2. The third-order valence-corrected chi connectivity index (χ3v) is 4.88. The van der Waals surface area contributed by atoms with Crippen molar-refractivity contribution in [1.82, 2.24) is 19.9 Å². The Kier molecular flexibility index (Phi) is 7.36. The molecule has 164 valence electrons. The molecule has 7 heteroatoms. The quantitative estimate of drug-likeness (QED) is 0.323. The number of nitrogens with zero attached hydrogens (tertiary/aromatic N) is 3. The first-order valence-electron chi connectivity index (χ1n) is 10.2. The maximum Gasteiger partial charge on any atom is 0.251 e. The fraction of sp³-hybridized carbons (Fsp3) is 0.160. The Morgan fingerprint density at radius 1 is 1.19 bits per heavy atom. The number of fused-ring (bicyclic) bond motifs is 1. The van der Waals surface area contributed by atoms with E-state index in [1.54, 1.807) is 37.7 Å². The van der Waals surface area contributed by atoms with E-state index in [-0.39, 0.29) is 18.9 Å². The highest BCUT2D eigenvalue weighted by molar-refractivity contribution is 5.97. The molecule has 3 rings (SSSR count). The highest BCUT2D eigenvalue weighted by Crippen LogP contribution is 2.20. The first kappa shape index (κ1) is 22.7. The second-order valence-electron chi connectivity index (χ2n) is 7.23. The van der Waals surface area contributed by atoms with Crippen molar-refractivity contribution in [3.8, 4) is 5.69 Å². The van der Waals surface area contributed by atoms with Crippen LogP contribution in [0.4, 0.5) is 0 Å². The average molecular weight is 431 g/mol. The Balaban J connectivity index is 1.68. The Bertz CT molecular complexity index is 1190. The lowest BCUT2D eigenvalue weighted by Gasteiger charge is -2.15. The predicted molar refractivity (Wildman–Crippen MR) is 125 cm³/mol. The molecule has 0 aliphatic heterocycles. The van der Waals surface area contributed by atoms with Crippen LogP contribution in [0.3, 0.4) is 0 Å². The molecular weight excluding hydrogens is 404 g/mol. The lowest BCUT2D eigenvalue weighted by molar-refractivity contribution is -0.162. The summed E-state index contributed by atoms with van der Waals surface area (Å²) >= 11 is 0. The topological polar surface area (TPSA) is 87.5 Å². The number of carbonyl (C=O) groups excluding carboxylic acids is 2. The maximum atomic E-state index is 12.3. The minimum atomic E-state index is -0.409. The Morgan fingerprint density at radius 2 is 1.94 bits per heavy atom. The largest absolute Gasteiger partial charge is 0.355 e. The number of amides is 2. The molecule has 1 heterocycles. The predicted octanol–water partition coefficient (Wildman–Crippen LogP) is 3.83. The van der Waals surface area contributed by atoms with Gasteiger partial charge in [0.1, 0.15) is 6.33 Å². The zero-order chi connectivity index (χ0) is 23.1. The molecule has 0 unspecified atom stereocenters. The molecule has 0 aliphatic carbocycles. The fourth-order valence-corrected chi connectivity index (χ4v) is 3.18. The molecule has 1 aromatic heterocycles. The summed E-state index contributed by atoms with van der Waals surface area (Å²) in [5, 5.41) is 13.3. The van der Waals surface area contributed by atoms with Gasteiger partial charge in [-0.15, -0.1) is 0 Å². The molecule has 2 amide bonds. The molecule has 2 N–H and O–H groups in total. The smallest absolute Gasteiger partial charge is 0.251 e. The minimum Gasteiger partial charge on any atom is -0.355 e. The van der Waals surface area contributed by atoms with Crippen LogP contribution in [0.15, 0.2) is 85.2 Å². The van der Waals surface area contributed by atoms with Crippen LogP contribution in [0.2, 0.25) is 0 Å². The van der Waals surface area contributed by atoms with E-state index in [2.05, 4.69) is 16.9 Å². The Morgan fingerprint density at radius 3 is 2.62 bits per heavy atom. The molecule has 0 bridgehead atoms. The number of nitrogens with one attached hydrogen (secondary N) is 1. The summed E-state index contributed by atoms with van der Waals surface area (Å²) in [6.07, 6.45) is 9.05. The molecule has 7 nitrogen and oxygen atoms in total. The first-order chi connectivity index (χ1) is 15.4. The van der Waals surface area contributed by atoms with Crippen molar-refractivity contribution in [3.05, 3.63) is 96.4 Å². The summed E-state index contributed by atoms with van der Waals surface area (Å²) in [5.41, 5.74) is 4.41. The molecule has 0 saturated heterocycles. The molecular formula is C25H26N4O3. The number of benzene rings is 2. The molecule has 0 atom stereocenters. The van der Waals surface area contributed by atoms with Gasteiger partial charge in [0.15, 0.2) is 0 Å². The van der Waals surface area contributed by atoms with Crippen molar-refractivity contribution in [2.75, 3.05) is 13.6 Å². The van der Waals surface area contributed by atoms with Crippen LogP contribution >= 0.6 is 0 Å². The molecule has 2 aromatic carbocycles. The van der Waals surface area contributed by atoms with Crippen LogP contribution in [0, 0.1) is 0 Å². The second kappa shape index (κ2) is 10.4. The van der Waals surface area contributed by atoms with Gasteiger partial charge < -0.3 is 5.32 Å². The van der Waals surface area contributed by atoms with Gasteiger partial charge in [0, 0.05) is 18.3 Å². The molecule has 0 fully saturated rings. The number of allylic oxidation sites excluding steroid dienone is 3. The van der Waals surface area contributed by atoms with Gasteiger partial charge in [0.2, 0.25) is 0 Å².